The number of carboxylic acid groups (broad SMARTS) is 1. The zero-order valence-electron chi connectivity index (χ0n) is 23.0. The van der Waals surface area contributed by atoms with Gasteiger partial charge in [0.05, 0.1) is 39.5 Å². The number of carboxylic acids is 1. The summed E-state index contributed by atoms with van der Waals surface area (Å²) in [6.07, 6.45) is -5.06. The minimum absolute atomic E-state index is 0.0221. The van der Waals surface area contributed by atoms with Crippen LogP contribution in [0.1, 0.15) is 40.5 Å². The van der Waals surface area contributed by atoms with E-state index in [9.17, 15) is 28.8 Å². The Balaban J connectivity index is 2.62. The van der Waals surface area contributed by atoms with Gasteiger partial charge in [0.1, 0.15) is 18.8 Å². The lowest BCUT2D eigenvalue weighted by Gasteiger charge is -2.44. The summed E-state index contributed by atoms with van der Waals surface area (Å²) in [4.78, 5) is 68.8. The maximum Gasteiger partial charge on any atom is 0.303 e. The maximum atomic E-state index is 11.9. The zero-order chi connectivity index (χ0) is 30.1. The molecule has 0 aromatic heterocycles. The van der Waals surface area contributed by atoms with Crippen LogP contribution in [-0.4, -0.2) is 118 Å². The maximum absolute atomic E-state index is 11.9. The average molecular weight is 579 g/mol. The van der Waals surface area contributed by atoms with E-state index in [0.29, 0.717) is 0 Å². The van der Waals surface area contributed by atoms with Crippen molar-refractivity contribution in [2.24, 2.45) is 0 Å². The molecule has 0 radical (unpaired) electrons. The van der Waals surface area contributed by atoms with Crippen LogP contribution in [0.15, 0.2) is 0 Å². The Hall–Kier alpha value is -3.34. The van der Waals surface area contributed by atoms with E-state index in [1.165, 1.54) is 13.8 Å². The van der Waals surface area contributed by atoms with Crippen LogP contribution >= 0.6 is 0 Å². The van der Waals surface area contributed by atoms with Gasteiger partial charge in [-0.25, -0.2) is 0 Å². The Morgan fingerprint density at radius 2 is 1.38 bits per heavy atom. The smallest absolute Gasteiger partial charge is 0.303 e. The molecule has 228 valence electrons. The van der Waals surface area contributed by atoms with Crippen LogP contribution in [0.4, 0.5) is 0 Å². The minimum atomic E-state index is -1.22. The SMILES string of the molecule is CC(=O)N[C@H]1C(OCCOCCOCCNC(=O)CCC(=O)O)O[C@H](COC(C)=O)[C@H](OC(C)=O)[C@@H]1OC(C)=O. The Morgan fingerprint density at radius 1 is 0.775 bits per heavy atom. The molecule has 0 aromatic rings. The molecule has 1 heterocycles. The molecule has 16 heteroatoms. The summed E-state index contributed by atoms with van der Waals surface area (Å²) in [6.45, 7) is 5.25. The second kappa shape index (κ2) is 18.9. The Morgan fingerprint density at radius 3 is 1.95 bits per heavy atom. The molecule has 0 aliphatic carbocycles. The van der Waals surface area contributed by atoms with Crippen LogP contribution in [0.5, 0.6) is 0 Å². The summed E-state index contributed by atoms with van der Waals surface area (Å²) in [7, 11) is 0. The molecule has 5 atom stereocenters. The van der Waals surface area contributed by atoms with Crippen LogP contribution in [-0.2, 0) is 61.9 Å². The zero-order valence-corrected chi connectivity index (χ0v) is 23.0. The van der Waals surface area contributed by atoms with Crippen molar-refractivity contribution < 1.29 is 67.0 Å². The van der Waals surface area contributed by atoms with E-state index in [2.05, 4.69) is 10.6 Å². The van der Waals surface area contributed by atoms with Gasteiger partial charge in [0, 0.05) is 40.7 Å². The first kappa shape index (κ1) is 34.7. The van der Waals surface area contributed by atoms with E-state index in [-0.39, 0.29) is 64.9 Å². The van der Waals surface area contributed by atoms with Crippen LogP contribution in [0.2, 0.25) is 0 Å². The molecule has 1 aliphatic heterocycles. The molecule has 0 bridgehead atoms. The number of ether oxygens (including phenoxy) is 7. The summed E-state index contributed by atoms with van der Waals surface area (Å²) < 4.78 is 38.1. The molecular formula is C24H38N2O14. The monoisotopic (exact) mass is 578 g/mol. The van der Waals surface area contributed by atoms with Gasteiger partial charge in [0.15, 0.2) is 18.5 Å². The highest BCUT2D eigenvalue weighted by Crippen LogP contribution is 2.28. The first-order valence-corrected chi connectivity index (χ1v) is 12.6. The van der Waals surface area contributed by atoms with Crippen molar-refractivity contribution in [2.45, 2.75) is 71.2 Å². The molecule has 1 fully saturated rings. The van der Waals surface area contributed by atoms with E-state index < -0.39 is 60.4 Å². The number of nitrogens with one attached hydrogen (secondary N) is 2. The van der Waals surface area contributed by atoms with E-state index in [4.69, 9.17) is 38.3 Å². The average Bonchev–Trinajstić information content (AvgIpc) is 2.85. The number of carbonyl (C=O) groups is 6. The summed E-state index contributed by atoms with van der Waals surface area (Å²) in [6, 6.07) is -1.08. The highest BCUT2D eigenvalue weighted by Gasteiger charge is 2.51. The lowest BCUT2D eigenvalue weighted by molar-refractivity contribution is -0.279. The summed E-state index contributed by atoms with van der Waals surface area (Å²) >= 11 is 0. The first-order chi connectivity index (χ1) is 18.9. The van der Waals surface area contributed by atoms with E-state index in [1.807, 2.05) is 0 Å². The number of aliphatic carboxylic acids is 1. The number of hydrogen-bond acceptors (Lipinski definition) is 13. The third-order valence-corrected chi connectivity index (χ3v) is 5.09. The quantitative estimate of drug-likeness (QED) is 0.0978. The summed E-state index contributed by atoms with van der Waals surface area (Å²) in [5, 5.41) is 13.7. The fourth-order valence-electron chi connectivity index (χ4n) is 3.55. The molecular weight excluding hydrogens is 540 g/mol. The molecule has 40 heavy (non-hydrogen) atoms. The van der Waals surface area contributed by atoms with E-state index in [1.54, 1.807) is 0 Å². The number of carbonyl (C=O) groups excluding carboxylic acids is 5. The number of hydrogen-bond donors (Lipinski definition) is 3. The van der Waals surface area contributed by atoms with Crippen molar-refractivity contribution in [1.29, 1.82) is 0 Å². The third-order valence-electron chi connectivity index (χ3n) is 5.09. The molecule has 0 spiro atoms. The van der Waals surface area contributed by atoms with Gasteiger partial charge in [0.2, 0.25) is 11.8 Å². The predicted octanol–water partition coefficient (Wildman–Crippen LogP) is -1.33. The van der Waals surface area contributed by atoms with Crippen LogP contribution < -0.4 is 10.6 Å². The molecule has 1 unspecified atom stereocenters. The highest BCUT2D eigenvalue weighted by molar-refractivity contribution is 5.80. The van der Waals surface area contributed by atoms with Gasteiger partial charge < -0.3 is 48.9 Å². The minimum Gasteiger partial charge on any atom is -0.481 e. The highest BCUT2D eigenvalue weighted by atomic mass is 16.7. The van der Waals surface area contributed by atoms with Crippen molar-refractivity contribution >= 4 is 35.7 Å². The van der Waals surface area contributed by atoms with Crippen molar-refractivity contribution in [3.8, 4) is 0 Å². The largest absolute Gasteiger partial charge is 0.481 e. The summed E-state index contributed by atoms with van der Waals surface area (Å²) in [5.41, 5.74) is 0. The van der Waals surface area contributed by atoms with Crippen molar-refractivity contribution in [2.75, 3.05) is 46.2 Å². The normalized spacial score (nSPS) is 22.1. The lowest BCUT2D eigenvalue weighted by atomic mass is 9.96. The summed E-state index contributed by atoms with van der Waals surface area (Å²) in [5.74, 6) is -3.97. The molecule has 1 saturated heterocycles. The van der Waals surface area contributed by atoms with Crippen LogP contribution in [0.3, 0.4) is 0 Å². The second-order valence-corrected chi connectivity index (χ2v) is 8.56. The molecule has 0 aromatic carbocycles. The fourth-order valence-corrected chi connectivity index (χ4v) is 3.55. The number of rotatable bonds is 18. The van der Waals surface area contributed by atoms with E-state index in [0.717, 1.165) is 13.8 Å². The van der Waals surface area contributed by atoms with Gasteiger partial charge in [-0.1, -0.05) is 0 Å². The molecule has 3 N–H and O–H groups in total. The Kier molecular flexibility index (Phi) is 16.4. The van der Waals surface area contributed by atoms with Crippen molar-refractivity contribution in [3.05, 3.63) is 0 Å². The standard InChI is InChI=1S/C24H38N2O14/c1-14(27)26-21-23(39-17(4)30)22(38-16(3)29)18(13-37-15(2)28)40-24(21)36-12-11-35-10-9-34-8-7-25-19(31)5-6-20(32)33/h18,21-24H,5-13H2,1-4H3,(H,25,31)(H,26,27)(H,32,33)/t18-,21-,22+,23-,24?/m1/s1. The van der Waals surface area contributed by atoms with Gasteiger partial charge in [-0.15, -0.1) is 0 Å². The number of esters is 3. The third kappa shape index (κ3) is 14.7. The first-order valence-electron chi connectivity index (χ1n) is 12.6. The fraction of sp³-hybridized carbons (Fsp3) is 0.750. The van der Waals surface area contributed by atoms with Gasteiger partial charge >= 0.3 is 23.9 Å². The van der Waals surface area contributed by atoms with Gasteiger partial charge in [-0.3, -0.25) is 28.8 Å². The second-order valence-electron chi connectivity index (χ2n) is 8.56. The van der Waals surface area contributed by atoms with Gasteiger partial charge in [0.25, 0.3) is 0 Å². The molecule has 2 amide bonds. The lowest BCUT2D eigenvalue weighted by Crippen LogP contribution is -2.66. The van der Waals surface area contributed by atoms with Gasteiger partial charge in [-0.05, 0) is 0 Å². The Labute approximate surface area is 231 Å². The molecule has 1 rings (SSSR count). The van der Waals surface area contributed by atoms with Crippen molar-refractivity contribution in [3.63, 3.8) is 0 Å². The van der Waals surface area contributed by atoms with Crippen LogP contribution in [0.25, 0.3) is 0 Å². The topological polar surface area (TPSA) is 211 Å². The van der Waals surface area contributed by atoms with Crippen molar-refractivity contribution in [1.82, 2.24) is 10.6 Å². The van der Waals surface area contributed by atoms with Crippen LogP contribution in [0, 0.1) is 0 Å². The molecule has 0 saturated carbocycles. The van der Waals surface area contributed by atoms with Gasteiger partial charge in [-0.2, -0.15) is 0 Å². The molecule has 16 nitrogen and oxygen atoms in total. The predicted molar refractivity (Wildman–Crippen MR) is 131 cm³/mol. The van der Waals surface area contributed by atoms with E-state index >= 15 is 0 Å². The Bertz CT molecular complexity index is 867. The number of amides is 2. The molecule has 1 aliphatic rings.